The summed E-state index contributed by atoms with van der Waals surface area (Å²) in [5.41, 5.74) is 0. The van der Waals surface area contributed by atoms with Gasteiger partial charge in [-0.2, -0.15) is 9.40 Å². The van der Waals surface area contributed by atoms with Gasteiger partial charge in [-0.25, -0.2) is 28.1 Å². The molecule has 1 fully saturated rings. The molecule has 1 aliphatic rings. The van der Waals surface area contributed by atoms with Crippen LogP contribution >= 0.6 is 0 Å². The second-order valence-corrected chi connectivity index (χ2v) is 8.02. The fourth-order valence-corrected chi connectivity index (χ4v) is 4.67. The number of nitrogens with zero attached hydrogens (tertiary/aromatic N) is 7. The fraction of sp³-hybridized carbons (Fsp3) is 0.294. The molecule has 0 spiro atoms. The Labute approximate surface area is 162 Å². The smallest absolute Gasteiger partial charge is 0.246 e. The number of methoxy groups -OCH3 is 1. The molecule has 3 aromatic rings. The van der Waals surface area contributed by atoms with Crippen molar-refractivity contribution >= 4 is 15.8 Å². The molecule has 4 rings (SSSR count). The number of rotatable bonds is 5. The zero-order chi connectivity index (χ0) is 19.6. The van der Waals surface area contributed by atoms with E-state index >= 15 is 0 Å². The first-order valence-electron chi connectivity index (χ1n) is 8.65. The van der Waals surface area contributed by atoms with Crippen molar-refractivity contribution < 1.29 is 13.2 Å². The second-order valence-electron chi connectivity index (χ2n) is 6.12. The summed E-state index contributed by atoms with van der Waals surface area (Å²) in [7, 11) is -2.16. The average Bonchev–Trinajstić information content (AvgIpc) is 3.29. The normalized spacial score (nSPS) is 15.5. The Bertz CT molecular complexity index is 1050. The van der Waals surface area contributed by atoms with Gasteiger partial charge in [0.05, 0.1) is 7.11 Å². The van der Waals surface area contributed by atoms with Crippen LogP contribution in [0.1, 0.15) is 0 Å². The van der Waals surface area contributed by atoms with Crippen LogP contribution in [0, 0.1) is 0 Å². The van der Waals surface area contributed by atoms with Crippen molar-refractivity contribution in [2.45, 2.75) is 4.90 Å². The van der Waals surface area contributed by atoms with Gasteiger partial charge in [-0.1, -0.05) is 12.1 Å². The maximum Gasteiger partial charge on any atom is 0.246 e. The van der Waals surface area contributed by atoms with Crippen molar-refractivity contribution in [1.82, 2.24) is 29.0 Å². The number of sulfonamides is 1. The number of hydrogen-bond acceptors (Lipinski definition) is 8. The fourth-order valence-electron chi connectivity index (χ4n) is 3.09. The number of piperazine rings is 1. The predicted octanol–water partition coefficient (Wildman–Crippen LogP) is 0.577. The first-order chi connectivity index (χ1) is 13.6. The molecule has 0 radical (unpaired) electrons. The molecule has 146 valence electrons. The first-order valence-corrected chi connectivity index (χ1v) is 10.1. The van der Waals surface area contributed by atoms with Crippen LogP contribution < -0.4 is 9.64 Å². The van der Waals surface area contributed by atoms with E-state index < -0.39 is 10.0 Å². The largest absolute Gasteiger partial charge is 0.495 e. The summed E-state index contributed by atoms with van der Waals surface area (Å²) < 4.78 is 34.2. The van der Waals surface area contributed by atoms with Gasteiger partial charge in [-0.15, -0.1) is 0 Å². The monoisotopic (exact) mass is 401 g/mol. The predicted molar refractivity (Wildman–Crippen MR) is 101 cm³/mol. The maximum absolute atomic E-state index is 13.0. The van der Waals surface area contributed by atoms with Gasteiger partial charge >= 0.3 is 0 Å². The lowest BCUT2D eigenvalue weighted by molar-refractivity contribution is 0.373. The van der Waals surface area contributed by atoms with Gasteiger partial charge in [-0.05, 0) is 12.1 Å². The number of anilines is 1. The van der Waals surface area contributed by atoms with Gasteiger partial charge in [0, 0.05) is 32.2 Å². The highest BCUT2D eigenvalue weighted by molar-refractivity contribution is 7.89. The van der Waals surface area contributed by atoms with E-state index in [1.165, 1.54) is 24.1 Å². The zero-order valence-electron chi connectivity index (χ0n) is 15.2. The SMILES string of the molecule is COc1ccccc1S(=O)(=O)N1CCN(c2cc(-n3cncn3)ncn2)CC1. The van der Waals surface area contributed by atoms with Crippen LogP contribution in [0.5, 0.6) is 5.75 Å². The first kappa shape index (κ1) is 18.3. The van der Waals surface area contributed by atoms with Crippen LogP contribution in [0.25, 0.3) is 5.82 Å². The minimum absolute atomic E-state index is 0.182. The quantitative estimate of drug-likeness (QED) is 0.611. The molecule has 10 nitrogen and oxygen atoms in total. The standard InChI is InChI=1S/C17H19N7O3S/c1-27-14-4-2-3-5-15(14)28(25,26)23-8-6-22(7-9-23)16-10-17(20-12-19-16)24-13-18-11-21-24/h2-5,10-13H,6-9H2,1H3. The van der Waals surface area contributed by atoms with Gasteiger partial charge in [0.25, 0.3) is 0 Å². The highest BCUT2D eigenvalue weighted by atomic mass is 32.2. The molecule has 3 heterocycles. The second kappa shape index (κ2) is 7.52. The van der Waals surface area contributed by atoms with Crippen molar-refractivity contribution in [1.29, 1.82) is 0 Å². The molecule has 0 N–H and O–H groups in total. The van der Waals surface area contributed by atoms with Gasteiger partial charge < -0.3 is 9.64 Å². The van der Waals surface area contributed by atoms with E-state index in [1.807, 2.05) is 4.90 Å². The lowest BCUT2D eigenvalue weighted by Crippen LogP contribution is -2.49. The molecule has 0 amide bonds. The molecule has 0 unspecified atom stereocenters. The Hall–Kier alpha value is -3.05. The van der Waals surface area contributed by atoms with E-state index in [2.05, 4.69) is 20.1 Å². The Morgan fingerprint density at radius 1 is 1.00 bits per heavy atom. The van der Waals surface area contributed by atoms with Gasteiger partial charge in [-0.3, -0.25) is 0 Å². The third kappa shape index (κ3) is 3.41. The summed E-state index contributed by atoms with van der Waals surface area (Å²) in [6, 6.07) is 8.46. The van der Waals surface area contributed by atoms with Crippen molar-refractivity contribution in [3.63, 3.8) is 0 Å². The minimum Gasteiger partial charge on any atom is -0.495 e. The highest BCUT2D eigenvalue weighted by Gasteiger charge is 2.31. The highest BCUT2D eigenvalue weighted by Crippen LogP contribution is 2.27. The van der Waals surface area contributed by atoms with Crippen LogP contribution in [0.2, 0.25) is 0 Å². The Balaban J connectivity index is 1.50. The molecular formula is C17H19N7O3S. The average molecular weight is 401 g/mol. The number of ether oxygens (including phenoxy) is 1. The van der Waals surface area contributed by atoms with Crippen molar-refractivity contribution in [3.8, 4) is 11.6 Å². The summed E-state index contributed by atoms with van der Waals surface area (Å²) in [4.78, 5) is 14.6. The number of para-hydroxylation sites is 1. The van der Waals surface area contributed by atoms with E-state index in [1.54, 1.807) is 41.3 Å². The molecule has 1 aromatic carbocycles. The molecule has 11 heteroatoms. The zero-order valence-corrected chi connectivity index (χ0v) is 16.0. The summed E-state index contributed by atoms with van der Waals surface area (Å²) in [6.45, 7) is 1.73. The third-order valence-corrected chi connectivity index (χ3v) is 6.48. The van der Waals surface area contributed by atoms with Crippen molar-refractivity contribution in [3.05, 3.63) is 49.3 Å². The van der Waals surface area contributed by atoms with E-state index in [-0.39, 0.29) is 4.90 Å². The lowest BCUT2D eigenvalue weighted by atomic mass is 10.3. The summed E-state index contributed by atoms with van der Waals surface area (Å²) in [6.07, 6.45) is 4.46. The minimum atomic E-state index is -3.63. The van der Waals surface area contributed by atoms with Crippen molar-refractivity contribution in [2.75, 3.05) is 38.2 Å². The van der Waals surface area contributed by atoms with E-state index in [0.717, 1.165) is 5.82 Å². The Morgan fingerprint density at radius 2 is 1.75 bits per heavy atom. The van der Waals surface area contributed by atoms with E-state index in [4.69, 9.17) is 4.74 Å². The van der Waals surface area contributed by atoms with Crippen LogP contribution in [0.3, 0.4) is 0 Å². The molecule has 1 saturated heterocycles. The number of aromatic nitrogens is 5. The lowest BCUT2D eigenvalue weighted by Gasteiger charge is -2.34. The number of benzene rings is 1. The Kier molecular flexibility index (Phi) is 4.92. The van der Waals surface area contributed by atoms with Gasteiger partial charge in [0.2, 0.25) is 10.0 Å². The van der Waals surface area contributed by atoms with Crippen LogP contribution in [0.4, 0.5) is 5.82 Å². The molecule has 0 bridgehead atoms. The maximum atomic E-state index is 13.0. The topological polar surface area (TPSA) is 106 Å². The molecule has 28 heavy (non-hydrogen) atoms. The summed E-state index contributed by atoms with van der Waals surface area (Å²) in [5, 5.41) is 4.06. The number of hydrogen-bond donors (Lipinski definition) is 0. The van der Waals surface area contributed by atoms with E-state index in [0.29, 0.717) is 37.7 Å². The van der Waals surface area contributed by atoms with Gasteiger partial charge in [0.1, 0.15) is 35.4 Å². The molecule has 1 aliphatic heterocycles. The third-order valence-electron chi connectivity index (χ3n) is 4.54. The van der Waals surface area contributed by atoms with Gasteiger partial charge in [0.15, 0.2) is 5.82 Å². The summed E-state index contributed by atoms with van der Waals surface area (Å²) >= 11 is 0. The molecular weight excluding hydrogens is 382 g/mol. The molecule has 0 atom stereocenters. The van der Waals surface area contributed by atoms with Crippen LogP contribution in [0.15, 0.2) is 54.2 Å². The van der Waals surface area contributed by atoms with Crippen molar-refractivity contribution in [2.24, 2.45) is 0 Å². The van der Waals surface area contributed by atoms with Crippen LogP contribution in [-0.2, 0) is 10.0 Å². The molecule has 0 saturated carbocycles. The molecule has 2 aromatic heterocycles. The van der Waals surface area contributed by atoms with Crippen LogP contribution in [-0.4, -0.2) is 70.7 Å². The molecule has 0 aliphatic carbocycles. The Morgan fingerprint density at radius 3 is 2.46 bits per heavy atom. The van der Waals surface area contributed by atoms with E-state index in [9.17, 15) is 8.42 Å². The summed E-state index contributed by atoms with van der Waals surface area (Å²) in [5.74, 6) is 1.67.